The molecule has 0 saturated carbocycles. The van der Waals surface area contributed by atoms with E-state index < -0.39 is 0 Å². The van der Waals surface area contributed by atoms with Crippen molar-refractivity contribution in [2.24, 2.45) is 10.9 Å². The molecule has 0 amide bonds. The zero-order valence-electron chi connectivity index (χ0n) is 9.43. The maximum atomic E-state index is 10.7. The van der Waals surface area contributed by atoms with Crippen molar-refractivity contribution in [3.63, 3.8) is 0 Å². The molecular formula is C12H14N2O2. The molecule has 2 rings (SSSR count). The van der Waals surface area contributed by atoms with Crippen LogP contribution in [0.1, 0.15) is 25.0 Å². The van der Waals surface area contributed by atoms with Gasteiger partial charge in [0.25, 0.3) is 5.69 Å². The Hall–Kier alpha value is -1.71. The molecule has 84 valence electrons. The highest BCUT2D eigenvalue weighted by Gasteiger charge is 2.19. The van der Waals surface area contributed by atoms with Crippen molar-refractivity contribution in [3.8, 4) is 0 Å². The van der Waals surface area contributed by atoms with Gasteiger partial charge >= 0.3 is 0 Å². The molecule has 16 heavy (non-hydrogen) atoms. The molecular weight excluding hydrogens is 204 g/mol. The van der Waals surface area contributed by atoms with Gasteiger partial charge in [0.1, 0.15) is 0 Å². The summed E-state index contributed by atoms with van der Waals surface area (Å²) in [7, 11) is 0. The Kier molecular flexibility index (Phi) is 2.73. The Morgan fingerprint density at radius 1 is 1.44 bits per heavy atom. The molecule has 0 radical (unpaired) electrons. The zero-order chi connectivity index (χ0) is 11.7. The third kappa shape index (κ3) is 1.83. The molecule has 1 aromatic rings. The third-order valence-corrected chi connectivity index (χ3v) is 2.79. The second kappa shape index (κ2) is 4.04. The minimum absolute atomic E-state index is 0.147. The first-order valence-corrected chi connectivity index (χ1v) is 5.41. The fraction of sp³-hybridized carbons (Fsp3) is 0.417. The van der Waals surface area contributed by atoms with Gasteiger partial charge in [-0.25, -0.2) is 0 Å². The van der Waals surface area contributed by atoms with Crippen LogP contribution in [-0.2, 0) is 6.42 Å². The number of benzene rings is 1. The summed E-state index contributed by atoms with van der Waals surface area (Å²) in [5.41, 5.74) is 3.26. The zero-order valence-corrected chi connectivity index (χ0v) is 9.43. The summed E-state index contributed by atoms with van der Waals surface area (Å²) in [6, 6.07) is 5.07. The Bertz CT molecular complexity index is 464. The number of fused-ring (bicyclic) bond motifs is 1. The minimum Gasteiger partial charge on any atom is -0.289 e. The molecule has 1 heterocycles. The molecule has 1 aliphatic heterocycles. The van der Waals surface area contributed by atoms with Crippen molar-refractivity contribution in [2.75, 3.05) is 6.54 Å². The molecule has 1 aliphatic rings. The van der Waals surface area contributed by atoms with E-state index in [1.807, 2.05) is 6.07 Å². The summed E-state index contributed by atoms with van der Waals surface area (Å²) in [6.45, 7) is 4.91. The summed E-state index contributed by atoms with van der Waals surface area (Å²) >= 11 is 0. The van der Waals surface area contributed by atoms with Crippen molar-refractivity contribution in [3.05, 3.63) is 39.4 Å². The van der Waals surface area contributed by atoms with Crippen LogP contribution >= 0.6 is 0 Å². The number of hydrogen-bond donors (Lipinski definition) is 0. The molecule has 0 fully saturated rings. The van der Waals surface area contributed by atoms with Crippen LogP contribution in [0.4, 0.5) is 5.69 Å². The maximum Gasteiger partial charge on any atom is 0.270 e. The molecule has 0 aromatic heterocycles. The van der Waals surface area contributed by atoms with Crippen molar-refractivity contribution in [1.82, 2.24) is 0 Å². The normalized spacial score (nSPS) is 14.6. The molecule has 0 spiro atoms. The highest BCUT2D eigenvalue weighted by Crippen LogP contribution is 2.24. The van der Waals surface area contributed by atoms with Crippen LogP contribution in [-0.4, -0.2) is 17.2 Å². The number of nitrogens with zero attached hydrogens (tertiary/aromatic N) is 2. The predicted molar refractivity (Wildman–Crippen MR) is 63.0 cm³/mol. The first-order valence-electron chi connectivity index (χ1n) is 5.41. The molecule has 0 aliphatic carbocycles. The quantitative estimate of drug-likeness (QED) is 0.566. The molecule has 1 aromatic carbocycles. The number of aliphatic imine (C=N–C) groups is 1. The van der Waals surface area contributed by atoms with Gasteiger partial charge < -0.3 is 0 Å². The van der Waals surface area contributed by atoms with E-state index in [0.29, 0.717) is 5.92 Å². The molecule has 0 unspecified atom stereocenters. The van der Waals surface area contributed by atoms with E-state index in [4.69, 9.17) is 0 Å². The van der Waals surface area contributed by atoms with E-state index >= 15 is 0 Å². The van der Waals surface area contributed by atoms with Gasteiger partial charge in [0.15, 0.2) is 0 Å². The molecule has 0 N–H and O–H groups in total. The fourth-order valence-corrected chi connectivity index (χ4v) is 2.01. The summed E-state index contributed by atoms with van der Waals surface area (Å²) in [4.78, 5) is 14.8. The van der Waals surface area contributed by atoms with Gasteiger partial charge in [0.2, 0.25) is 0 Å². The third-order valence-electron chi connectivity index (χ3n) is 2.79. The van der Waals surface area contributed by atoms with E-state index in [2.05, 4.69) is 18.8 Å². The lowest BCUT2D eigenvalue weighted by atomic mass is 9.91. The van der Waals surface area contributed by atoms with Gasteiger partial charge in [-0.05, 0) is 17.9 Å². The van der Waals surface area contributed by atoms with Gasteiger partial charge in [-0.2, -0.15) is 0 Å². The number of non-ortho nitro benzene ring substituents is 1. The molecule has 0 bridgehead atoms. The van der Waals surface area contributed by atoms with E-state index in [0.717, 1.165) is 24.2 Å². The maximum absolute atomic E-state index is 10.7. The Morgan fingerprint density at radius 2 is 2.19 bits per heavy atom. The van der Waals surface area contributed by atoms with Crippen LogP contribution in [0.15, 0.2) is 23.2 Å². The van der Waals surface area contributed by atoms with Crippen molar-refractivity contribution >= 4 is 11.4 Å². The van der Waals surface area contributed by atoms with Crippen LogP contribution < -0.4 is 0 Å². The fourth-order valence-electron chi connectivity index (χ4n) is 2.01. The van der Waals surface area contributed by atoms with Gasteiger partial charge in [0, 0.05) is 30.0 Å². The predicted octanol–water partition coefficient (Wildman–Crippen LogP) is 2.60. The van der Waals surface area contributed by atoms with Crippen molar-refractivity contribution < 1.29 is 4.92 Å². The van der Waals surface area contributed by atoms with Crippen LogP contribution in [0.25, 0.3) is 0 Å². The van der Waals surface area contributed by atoms with Crippen LogP contribution in [0, 0.1) is 16.0 Å². The van der Waals surface area contributed by atoms with Gasteiger partial charge in [0.05, 0.1) is 4.92 Å². The molecule has 0 saturated heterocycles. The highest BCUT2D eigenvalue weighted by molar-refractivity contribution is 6.04. The van der Waals surface area contributed by atoms with Gasteiger partial charge in [-0.1, -0.05) is 19.9 Å². The lowest BCUT2D eigenvalue weighted by Gasteiger charge is -2.19. The Labute approximate surface area is 94.2 Å². The number of nitro benzene ring substituents is 1. The van der Waals surface area contributed by atoms with Crippen molar-refractivity contribution in [1.29, 1.82) is 0 Å². The Morgan fingerprint density at radius 3 is 2.81 bits per heavy atom. The van der Waals surface area contributed by atoms with Crippen LogP contribution in [0.3, 0.4) is 0 Å². The largest absolute Gasteiger partial charge is 0.289 e. The molecule has 4 heteroatoms. The molecule has 0 atom stereocenters. The van der Waals surface area contributed by atoms with Gasteiger partial charge in [-0.3, -0.25) is 15.1 Å². The van der Waals surface area contributed by atoms with Crippen molar-refractivity contribution in [2.45, 2.75) is 20.3 Å². The Balaban J connectivity index is 2.52. The summed E-state index contributed by atoms with van der Waals surface area (Å²) < 4.78 is 0. The average molecular weight is 218 g/mol. The van der Waals surface area contributed by atoms with E-state index in [1.54, 1.807) is 12.1 Å². The van der Waals surface area contributed by atoms with E-state index in [-0.39, 0.29) is 10.6 Å². The average Bonchev–Trinajstić information content (AvgIpc) is 2.27. The smallest absolute Gasteiger partial charge is 0.270 e. The lowest BCUT2D eigenvalue weighted by molar-refractivity contribution is -0.384. The van der Waals surface area contributed by atoms with Gasteiger partial charge in [-0.15, -0.1) is 0 Å². The number of nitro groups is 1. The topological polar surface area (TPSA) is 55.5 Å². The van der Waals surface area contributed by atoms with Crippen LogP contribution in [0.5, 0.6) is 0 Å². The minimum atomic E-state index is -0.354. The summed E-state index contributed by atoms with van der Waals surface area (Å²) in [5.74, 6) is 0.307. The highest BCUT2D eigenvalue weighted by atomic mass is 16.6. The lowest BCUT2D eigenvalue weighted by Crippen LogP contribution is -2.18. The number of hydrogen-bond acceptors (Lipinski definition) is 3. The second-order valence-corrected chi connectivity index (χ2v) is 4.27. The van der Waals surface area contributed by atoms with Crippen LogP contribution in [0.2, 0.25) is 0 Å². The van der Waals surface area contributed by atoms with E-state index in [1.165, 1.54) is 5.56 Å². The summed E-state index contributed by atoms with van der Waals surface area (Å²) in [6.07, 6.45) is 0.879. The first kappa shape index (κ1) is 10.8. The first-order chi connectivity index (χ1) is 7.59. The number of rotatable bonds is 2. The summed E-state index contributed by atoms with van der Waals surface area (Å²) in [5, 5.41) is 10.7. The molecule has 4 nitrogen and oxygen atoms in total. The standard InChI is InChI=1S/C12H14N2O2/c1-8(2)12-11-7-10(14(15)16)4-3-9(11)5-6-13-12/h3-4,7-8H,5-6H2,1-2H3. The SMILES string of the molecule is CC(C)C1=NCCc2ccc([N+](=O)[O-])cc21. The monoisotopic (exact) mass is 218 g/mol. The van der Waals surface area contributed by atoms with E-state index in [9.17, 15) is 10.1 Å². The second-order valence-electron chi connectivity index (χ2n) is 4.27.